The van der Waals surface area contributed by atoms with Crippen molar-refractivity contribution in [2.24, 2.45) is 0 Å². The molecule has 0 aliphatic carbocycles. The zero-order chi connectivity index (χ0) is 10.2. The van der Waals surface area contributed by atoms with Crippen LogP contribution in [0.3, 0.4) is 0 Å². The molecule has 0 amide bonds. The van der Waals surface area contributed by atoms with Crippen molar-refractivity contribution in [3.63, 3.8) is 0 Å². The number of hydrogen-bond acceptors (Lipinski definition) is 1. The van der Waals surface area contributed by atoms with E-state index in [-0.39, 0.29) is 35.6 Å². The summed E-state index contributed by atoms with van der Waals surface area (Å²) in [5, 5.41) is 8.21. The molecule has 0 atom stereocenters. The van der Waals surface area contributed by atoms with Gasteiger partial charge in [-0.25, -0.2) is 22.4 Å². The molecular weight excluding hydrogens is 215 g/mol. The van der Waals surface area contributed by atoms with E-state index in [0.29, 0.717) is 0 Å². The summed E-state index contributed by atoms with van der Waals surface area (Å²) in [6, 6.07) is 0.0794. The molecule has 0 aromatic heterocycles. The molecule has 0 aliphatic rings. The number of aromatic carboxylic acids is 1. The molecule has 2 nitrogen and oxygen atoms in total. The maximum atomic E-state index is 12.5. The van der Waals surface area contributed by atoms with E-state index in [0.717, 1.165) is 0 Å². The predicted molar refractivity (Wildman–Crippen MR) is 40.4 cm³/mol. The fourth-order valence-electron chi connectivity index (χ4n) is 0.728. The van der Waals surface area contributed by atoms with Crippen LogP contribution in [0.5, 0.6) is 0 Å². The standard InChI is InChI=1S/C7H2F4O2.Na.H/c8-3-1-2(7(12)13)4(9)6(11)5(3)10;;/h1H,(H,12,13);;. The minimum absolute atomic E-state index is 0. The number of carbonyl (C=O) groups is 1. The van der Waals surface area contributed by atoms with Crippen LogP contribution in [-0.4, -0.2) is 40.6 Å². The van der Waals surface area contributed by atoms with Gasteiger partial charge in [0.05, 0.1) is 0 Å². The molecule has 0 fully saturated rings. The monoisotopic (exact) mass is 218 g/mol. The van der Waals surface area contributed by atoms with E-state index in [9.17, 15) is 22.4 Å². The van der Waals surface area contributed by atoms with Crippen LogP contribution in [0.4, 0.5) is 17.6 Å². The van der Waals surface area contributed by atoms with Crippen LogP contribution in [0.1, 0.15) is 10.4 Å². The predicted octanol–water partition coefficient (Wildman–Crippen LogP) is 1.29. The SMILES string of the molecule is O=C(O)c1cc(F)c(F)c(F)c1F.[NaH]. The summed E-state index contributed by atoms with van der Waals surface area (Å²) in [7, 11) is 0. The van der Waals surface area contributed by atoms with Crippen LogP contribution >= 0.6 is 0 Å². The van der Waals surface area contributed by atoms with Gasteiger partial charge in [-0.2, -0.15) is 0 Å². The van der Waals surface area contributed by atoms with E-state index in [1.807, 2.05) is 0 Å². The van der Waals surface area contributed by atoms with Crippen molar-refractivity contribution in [2.75, 3.05) is 0 Å². The minimum atomic E-state index is -2.13. The van der Waals surface area contributed by atoms with Gasteiger partial charge in [0, 0.05) is 0 Å². The van der Waals surface area contributed by atoms with Gasteiger partial charge in [-0.05, 0) is 6.07 Å². The van der Waals surface area contributed by atoms with Crippen LogP contribution in [0.15, 0.2) is 6.07 Å². The first-order valence-corrected chi connectivity index (χ1v) is 3.01. The Morgan fingerprint density at radius 1 is 1.07 bits per heavy atom. The third-order valence-electron chi connectivity index (χ3n) is 1.33. The second-order valence-corrected chi connectivity index (χ2v) is 2.15. The van der Waals surface area contributed by atoms with E-state index in [1.165, 1.54) is 0 Å². The molecule has 0 bridgehead atoms. The van der Waals surface area contributed by atoms with Crippen molar-refractivity contribution in [3.8, 4) is 0 Å². The van der Waals surface area contributed by atoms with Gasteiger partial charge in [0.25, 0.3) is 0 Å². The first-order valence-electron chi connectivity index (χ1n) is 3.01. The van der Waals surface area contributed by atoms with Crippen LogP contribution in [0.25, 0.3) is 0 Å². The Bertz CT molecular complexity index is 380. The van der Waals surface area contributed by atoms with E-state index in [4.69, 9.17) is 5.11 Å². The summed E-state index contributed by atoms with van der Waals surface area (Å²) >= 11 is 0. The Labute approximate surface area is 97.8 Å². The second kappa shape index (κ2) is 4.77. The summed E-state index contributed by atoms with van der Waals surface area (Å²) in [6.45, 7) is 0. The zero-order valence-electron chi connectivity index (χ0n) is 5.94. The number of benzene rings is 1. The van der Waals surface area contributed by atoms with Crippen molar-refractivity contribution < 1.29 is 27.5 Å². The fraction of sp³-hybridized carbons (Fsp3) is 0. The molecule has 14 heavy (non-hydrogen) atoms. The van der Waals surface area contributed by atoms with E-state index in [2.05, 4.69) is 0 Å². The van der Waals surface area contributed by atoms with Crippen molar-refractivity contribution in [1.29, 1.82) is 0 Å². The number of rotatable bonds is 1. The molecular formula is C7H3F4NaO2. The summed E-state index contributed by atoms with van der Waals surface area (Å²) in [5.41, 5.74) is -1.24. The Kier molecular flexibility index (Phi) is 4.57. The Morgan fingerprint density at radius 3 is 2.00 bits per heavy atom. The molecule has 0 radical (unpaired) electrons. The molecule has 0 heterocycles. The van der Waals surface area contributed by atoms with Gasteiger partial charge < -0.3 is 5.11 Å². The normalized spacial score (nSPS) is 9.43. The average Bonchev–Trinajstić information content (AvgIpc) is 2.07. The number of hydrogen-bond donors (Lipinski definition) is 1. The van der Waals surface area contributed by atoms with Crippen molar-refractivity contribution in [2.45, 2.75) is 0 Å². The maximum absolute atomic E-state index is 12.5. The summed E-state index contributed by atoms with van der Waals surface area (Å²) in [4.78, 5) is 10.1. The molecule has 1 aromatic carbocycles. The third-order valence-corrected chi connectivity index (χ3v) is 1.33. The summed E-state index contributed by atoms with van der Waals surface area (Å²) in [6.07, 6.45) is 0. The molecule has 0 unspecified atom stereocenters. The molecule has 0 spiro atoms. The van der Waals surface area contributed by atoms with E-state index in [1.54, 1.807) is 0 Å². The fourth-order valence-corrected chi connectivity index (χ4v) is 0.728. The third kappa shape index (κ3) is 2.26. The first kappa shape index (κ1) is 13.4. The van der Waals surface area contributed by atoms with Gasteiger partial charge in [0.15, 0.2) is 23.3 Å². The van der Waals surface area contributed by atoms with Crippen molar-refractivity contribution in [3.05, 3.63) is 34.9 Å². The van der Waals surface area contributed by atoms with Crippen LogP contribution in [0.2, 0.25) is 0 Å². The molecule has 1 aromatic rings. The molecule has 7 heteroatoms. The Balaban J connectivity index is 0.00000169. The van der Waals surface area contributed by atoms with Crippen LogP contribution in [0, 0.1) is 23.3 Å². The Morgan fingerprint density at radius 2 is 1.57 bits per heavy atom. The molecule has 0 aliphatic heterocycles. The average molecular weight is 218 g/mol. The van der Waals surface area contributed by atoms with Gasteiger partial charge in [-0.15, -0.1) is 0 Å². The number of carboxylic acids is 1. The molecule has 1 rings (SSSR count). The van der Waals surface area contributed by atoms with Gasteiger partial charge in [-0.3, -0.25) is 0 Å². The van der Waals surface area contributed by atoms with E-state index >= 15 is 0 Å². The Hall–Kier alpha value is -0.590. The molecule has 0 saturated heterocycles. The van der Waals surface area contributed by atoms with Gasteiger partial charge in [0.2, 0.25) is 0 Å². The summed E-state index contributed by atoms with van der Waals surface area (Å²) < 4.78 is 49.5. The quantitative estimate of drug-likeness (QED) is 0.334. The molecule has 1 N–H and O–H groups in total. The molecule has 0 saturated carbocycles. The van der Waals surface area contributed by atoms with Crippen molar-refractivity contribution >= 4 is 35.5 Å². The topological polar surface area (TPSA) is 37.3 Å². The van der Waals surface area contributed by atoms with E-state index < -0.39 is 34.8 Å². The van der Waals surface area contributed by atoms with Crippen LogP contribution in [-0.2, 0) is 0 Å². The van der Waals surface area contributed by atoms with Gasteiger partial charge >= 0.3 is 35.5 Å². The summed E-state index contributed by atoms with van der Waals surface area (Å²) in [5.74, 6) is -9.67. The molecule has 72 valence electrons. The number of carboxylic acid groups (broad SMARTS) is 1. The van der Waals surface area contributed by atoms with Gasteiger partial charge in [0.1, 0.15) is 5.56 Å². The van der Waals surface area contributed by atoms with Crippen LogP contribution < -0.4 is 0 Å². The van der Waals surface area contributed by atoms with Crippen molar-refractivity contribution in [1.82, 2.24) is 0 Å². The zero-order valence-corrected chi connectivity index (χ0v) is 5.94. The van der Waals surface area contributed by atoms with Gasteiger partial charge in [-0.1, -0.05) is 0 Å². The first-order chi connectivity index (χ1) is 5.95. The second-order valence-electron chi connectivity index (χ2n) is 2.15. The number of halogens is 4.